The summed E-state index contributed by atoms with van der Waals surface area (Å²) >= 11 is 0. The molecular formula is C7H15FN2. The van der Waals surface area contributed by atoms with Crippen LogP contribution < -0.4 is 11.3 Å². The Bertz CT molecular complexity index is 114. The first kappa shape index (κ1) is 7.95. The molecule has 0 saturated heterocycles. The van der Waals surface area contributed by atoms with E-state index in [0.29, 0.717) is 12.8 Å². The Hall–Kier alpha value is -0.150. The molecule has 2 atom stereocenters. The molecule has 3 N–H and O–H groups in total. The second-order valence-corrected chi connectivity index (χ2v) is 3.37. The van der Waals surface area contributed by atoms with Crippen molar-refractivity contribution in [3.05, 3.63) is 0 Å². The monoisotopic (exact) mass is 146 g/mol. The van der Waals surface area contributed by atoms with E-state index < -0.39 is 5.67 Å². The van der Waals surface area contributed by atoms with Gasteiger partial charge in [0.2, 0.25) is 0 Å². The highest BCUT2D eigenvalue weighted by atomic mass is 19.1. The van der Waals surface area contributed by atoms with Crippen LogP contribution in [0.2, 0.25) is 0 Å². The molecule has 0 spiro atoms. The van der Waals surface area contributed by atoms with Gasteiger partial charge in [0.15, 0.2) is 0 Å². The molecule has 3 heteroatoms. The highest BCUT2D eigenvalue weighted by Gasteiger charge is 2.30. The van der Waals surface area contributed by atoms with Crippen molar-refractivity contribution in [2.24, 2.45) is 5.84 Å². The maximum Gasteiger partial charge on any atom is 0.109 e. The summed E-state index contributed by atoms with van der Waals surface area (Å²) in [6.07, 6.45) is 3.20. The maximum absolute atomic E-state index is 13.2. The number of hydrogen-bond acceptors (Lipinski definition) is 2. The lowest BCUT2D eigenvalue weighted by molar-refractivity contribution is 0.107. The quantitative estimate of drug-likeness (QED) is 0.430. The Balaban J connectivity index is 2.40. The Morgan fingerprint density at radius 2 is 2.40 bits per heavy atom. The maximum atomic E-state index is 13.2. The van der Waals surface area contributed by atoms with Crippen molar-refractivity contribution in [1.82, 2.24) is 5.43 Å². The molecule has 60 valence electrons. The minimum Gasteiger partial charge on any atom is -0.271 e. The van der Waals surface area contributed by atoms with Crippen LogP contribution in [0.15, 0.2) is 0 Å². The van der Waals surface area contributed by atoms with Crippen LogP contribution in [-0.4, -0.2) is 11.7 Å². The summed E-state index contributed by atoms with van der Waals surface area (Å²) in [4.78, 5) is 0. The van der Waals surface area contributed by atoms with Crippen molar-refractivity contribution >= 4 is 0 Å². The first-order chi connectivity index (χ1) is 4.64. The fraction of sp³-hybridized carbons (Fsp3) is 1.00. The van der Waals surface area contributed by atoms with Gasteiger partial charge in [0, 0.05) is 6.04 Å². The topological polar surface area (TPSA) is 38.0 Å². The van der Waals surface area contributed by atoms with Gasteiger partial charge in [-0.3, -0.25) is 11.3 Å². The summed E-state index contributed by atoms with van der Waals surface area (Å²) in [7, 11) is 0. The SMILES string of the molecule is C[C@]1(F)CCCC(NN)C1. The van der Waals surface area contributed by atoms with E-state index in [0.717, 1.165) is 12.8 Å². The summed E-state index contributed by atoms with van der Waals surface area (Å²) in [5.41, 5.74) is 1.63. The standard InChI is InChI=1S/C7H15FN2/c1-7(8)4-2-3-6(5-7)10-9/h6,10H,2-5,9H2,1H3/t6?,7-/m0/s1. The predicted molar refractivity (Wildman–Crippen MR) is 39.1 cm³/mol. The highest BCUT2D eigenvalue weighted by Crippen LogP contribution is 2.30. The molecule has 0 bridgehead atoms. The fourth-order valence-corrected chi connectivity index (χ4v) is 1.58. The smallest absolute Gasteiger partial charge is 0.109 e. The van der Waals surface area contributed by atoms with Crippen molar-refractivity contribution < 1.29 is 4.39 Å². The minimum absolute atomic E-state index is 0.184. The van der Waals surface area contributed by atoms with Crippen molar-refractivity contribution in [1.29, 1.82) is 0 Å². The third-order valence-electron chi connectivity index (χ3n) is 2.16. The molecule has 2 nitrogen and oxygen atoms in total. The number of nitrogens with two attached hydrogens (primary N) is 1. The normalized spacial score (nSPS) is 41.7. The highest BCUT2D eigenvalue weighted by molar-refractivity contribution is 4.85. The summed E-state index contributed by atoms with van der Waals surface area (Å²) < 4.78 is 13.2. The molecule has 1 rings (SSSR count). The summed E-state index contributed by atoms with van der Waals surface area (Å²) in [5.74, 6) is 5.21. The van der Waals surface area contributed by atoms with Crippen LogP contribution in [0, 0.1) is 0 Å². The lowest BCUT2D eigenvalue weighted by Gasteiger charge is -2.31. The summed E-state index contributed by atoms with van der Waals surface area (Å²) in [6, 6.07) is 0.184. The second-order valence-electron chi connectivity index (χ2n) is 3.37. The van der Waals surface area contributed by atoms with Gasteiger partial charge < -0.3 is 0 Å². The van der Waals surface area contributed by atoms with Crippen LogP contribution in [0.5, 0.6) is 0 Å². The van der Waals surface area contributed by atoms with Crippen LogP contribution >= 0.6 is 0 Å². The van der Waals surface area contributed by atoms with Gasteiger partial charge in [-0.2, -0.15) is 0 Å². The van der Waals surface area contributed by atoms with E-state index >= 15 is 0 Å². The van der Waals surface area contributed by atoms with Gasteiger partial charge in [0.25, 0.3) is 0 Å². The zero-order valence-corrected chi connectivity index (χ0v) is 6.36. The van der Waals surface area contributed by atoms with Crippen LogP contribution in [-0.2, 0) is 0 Å². The van der Waals surface area contributed by atoms with Gasteiger partial charge >= 0.3 is 0 Å². The summed E-state index contributed by atoms with van der Waals surface area (Å²) in [6.45, 7) is 1.65. The predicted octanol–water partition coefficient (Wildman–Crippen LogP) is 1.12. The number of hydrogen-bond donors (Lipinski definition) is 2. The summed E-state index contributed by atoms with van der Waals surface area (Å²) in [5, 5.41) is 0. The van der Waals surface area contributed by atoms with Crippen LogP contribution in [0.1, 0.15) is 32.6 Å². The number of halogens is 1. The molecule has 0 amide bonds. The van der Waals surface area contributed by atoms with Gasteiger partial charge in [0.05, 0.1) is 0 Å². The zero-order valence-electron chi connectivity index (χ0n) is 6.36. The van der Waals surface area contributed by atoms with Gasteiger partial charge in [-0.1, -0.05) is 0 Å². The third-order valence-corrected chi connectivity index (χ3v) is 2.16. The van der Waals surface area contributed by atoms with Gasteiger partial charge in [-0.15, -0.1) is 0 Å². The molecule has 0 heterocycles. The van der Waals surface area contributed by atoms with Crippen LogP contribution in [0.3, 0.4) is 0 Å². The molecule has 1 unspecified atom stereocenters. The molecule has 1 fully saturated rings. The molecule has 0 radical (unpaired) electrons. The molecule has 1 aliphatic carbocycles. The van der Waals surface area contributed by atoms with Crippen molar-refractivity contribution in [3.8, 4) is 0 Å². The molecule has 0 aliphatic heterocycles. The van der Waals surface area contributed by atoms with Crippen LogP contribution in [0.4, 0.5) is 4.39 Å². The first-order valence-electron chi connectivity index (χ1n) is 3.79. The third kappa shape index (κ3) is 1.92. The van der Waals surface area contributed by atoms with Crippen molar-refractivity contribution in [3.63, 3.8) is 0 Å². The average Bonchev–Trinajstić information content (AvgIpc) is 1.86. The Kier molecular flexibility index (Phi) is 2.26. The van der Waals surface area contributed by atoms with E-state index in [1.54, 1.807) is 6.92 Å². The van der Waals surface area contributed by atoms with Crippen molar-refractivity contribution in [2.75, 3.05) is 0 Å². The van der Waals surface area contributed by atoms with E-state index in [4.69, 9.17) is 5.84 Å². The Morgan fingerprint density at radius 1 is 1.70 bits per heavy atom. The Labute approximate surface area is 60.9 Å². The van der Waals surface area contributed by atoms with Gasteiger partial charge in [-0.25, -0.2) is 4.39 Å². The number of rotatable bonds is 1. The van der Waals surface area contributed by atoms with E-state index in [1.807, 2.05) is 0 Å². The number of alkyl halides is 1. The largest absolute Gasteiger partial charge is 0.271 e. The van der Waals surface area contributed by atoms with Crippen molar-refractivity contribution in [2.45, 2.75) is 44.3 Å². The molecule has 0 aromatic heterocycles. The van der Waals surface area contributed by atoms with E-state index in [2.05, 4.69) is 5.43 Å². The molecule has 1 saturated carbocycles. The van der Waals surface area contributed by atoms with Gasteiger partial charge in [-0.05, 0) is 32.6 Å². The Morgan fingerprint density at radius 3 is 2.80 bits per heavy atom. The second kappa shape index (κ2) is 2.84. The fourth-order valence-electron chi connectivity index (χ4n) is 1.58. The minimum atomic E-state index is -0.991. The van der Waals surface area contributed by atoms with E-state index in [9.17, 15) is 4.39 Å². The number of nitrogens with one attached hydrogen (secondary N) is 1. The molecule has 1 aliphatic rings. The molecular weight excluding hydrogens is 131 g/mol. The van der Waals surface area contributed by atoms with E-state index in [1.165, 1.54) is 0 Å². The molecule has 0 aromatic rings. The zero-order chi connectivity index (χ0) is 7.61. The first-order valence-corrected chi connectivity index (χ1v) is 3.79. The lowest BCUT2D eigenvalue weighted by atomic mass is 9.85. The average molecular weight is 146 g/mol. The van der Waals surface area contributed by atoms with Gasteiger partial charge in [0.1, 0.15) is 5.67 Å². The van der Waals surface area contributed by atoms with E-state index in [-0.39, 0.29) is 6.04 Å². The molecule has 10 heavy (non-hydrogen) atoms. The number of hydrazine groups is 1. The van der Waals surface area contributed by atoms with Crippen LogP contribution in [0.25, 0.3) is 0 Å². The molecule has 0 aromatic carbocycles. The lowest BCUT2D eigenvalue weighted by Crippen LogP contribution is -2.42.